The quantitative estimate of drug-likeness (QED) is 0.744. The Morgan fingerprint density at radius 1 is 1.16 bits per heavy atom. The molecule has 0 saturated carbocycles. The zero-order valence-corrected chi connectivity index (χ0v) is 12.6. The molecule has 6 heteroatoms. The maximum atomic E-state index is 12.4. The van der Waals surface area contributed by atoms with Crippen molar-refractivity contribution in [3.8, 4) is 5.75 Å². The van der Waals surface area contributed by atoms with Crippen LogP contribution < -0.4 is 10.5 Å². The van der Waals surface area contributed by atoms with Gasteiger partial charge < -0.3 is 19.5 Å². The van der Waals surface area contributed by atoms with Crippen molar-refractivity contribution in [2.24, 2.45) is 5.73 Å². The summed E-state index contributed by atoms with van der Waals surface area (Å²) in [5.41, 5.74) is 6.95. The average molecular weight is 287 g/mol. The molecule has 0 radical (unpaired) electrons. The van der Waals surface area contributed by atoms with E-state index >= 15 is 0 Å². The van der Waals surface area contributed by atoms with Crippen LogP contribution in [0, 0.1) is 0 Å². The Labute approximate surface area is 114 Å². The third-order valence-electron chi connectivity index (χ3n) is 2.63. The summed E-state index contributed by atoms with van der Waals surface area (Å²) in [5, 5.41) is 0. The summed E-state index contributed by atoms with van der Waals surface area (Å²) in [5.74, 6) is 0.107. The van der Waals surface area contributed by atoms with E-state index in [1.54, 1.807) is 21.0 Å². The molecule has 0 aliphatic carbocycles. The molecule has 0 aliphatic heterocycles. The Kier molecular flexibility index (Phi) is 6.52. The molecule has 0 spiro atoms. The Bertz CT molecular complexity index is 411. The summed E-state index contributed by atoms with van der Waals surface area (Å²) in [6.07, 6.45) is 0.432. The first-order valence-electron chi connectivity index (χ1n) is 6.33. The number of methoxy groups -OCH3 is 1. The van der Waals surface area contributed by atoms with E-state index in [1.807, 2.05) is 24.3 Å². The smallest absolute Gasteiger partial charge is 0.347 e. The molecular formula is C13H22NO4P. The van der Waals surface area contributed by atoms with Gasteiger partial charge in [0.15, 0.2) is 0 Å². The molecule has 1 rings (SSSR count). The van der Waals surface area contributed by atoms with Crippen molar-refractivity contribution < 1.29 is 18.3 Å². The minimum absolute atomic E-state index is 0.313. The van der Waals surface area contributed by atoms with Crippen molar-refractivity contribution in [1.82, 2.24) is 0 Å². The number of ether oxygens (including phenoxy) is 1. The zero-order chi connectivity index (χ0) is 14.3. The Hall–Kier alpha value is -0.870. The van der Waals surface area contributed by atoms with Gasteiger partial charge >= 0.3 is 7.60 Å². The Morgan fingerprint density at radius 2 is 1.68 bits per heavy atom. The van der Waals surface area contributed by atoms with Gasteiger partial charge in [-0.15, -0.1) is 0 Å². The summed E-state index contributed by atoms with van der Waals surface area (Å²) in [6, 6.07) is 7.46. The van der Waals surface area contributed by atoms with Crippen molar-refractivity contribution in [1.29, 1.82) is 0 Å². The summed E-state index contributed by atoms with van der Waals surface area (Å²) in [7, 11) is -1.64. The molecule has 0 saturated heterocycles. The number of hydrogen-bond acceptors (Lipinski definition) is 5. The van der Waals surface area contributed by atoms with Gasteiger partial charge in [0.25, 0.3) is 0 Å². The highest BCUT2D eigenvalue weighted by Gasteiger charge is 2.32. The molecule has 19 heavy (non-hydrogen) atoms. The van der Waals surface area contributed by atoms with E-state index in [0.29, 0.717) is 19.6 Å². The van der Waals surface area contributed by atoms with Gasteiger partial charge in [0.2, 0.25) is 0 Å². The van der Waals surface area contributed by atoms with Crippen LogP contribution >= 0.6 is 7.60 Å². The fourth-order valence-corrected chi connectivity index (χ4v) is 3.32. The van der Waals surface area contributed by atoms with Crippen molar-refractivity contribution in [3.05, 3.63) is 29.8 Å². The lowest BCUT2D eigenvalue weighted by Crippen LogP contribution is -2.25. The molecule has 1 aromatic carbocycles. The van der Waals surface area contributed by atoms with E-state index in [2.05, 4.69) is 0 Å². The lowest BCUT2D eigenvalue weighted by molar-refractivity contribution is 0.212. The second kappa shape index (κ2) is 7.65. The van der Waals surface area contributed by atoms with Gasteiger partial charge in [-0.25, -0.2) is 0 Å². The Balaban J connectivity index is 2.74. The molecule has 5 nitrogen and oxygen atoms in total. The molecule has 108 valence electrons. The Morgan fingerprint density at radius 3 is 2.11 bits per heavy atom. The van der Waals surface area contributed by atoms with Crippen molar-refractivity contribution in [2.45, 2.75) is 26.1 Å². The first-order valence-corrected chi connectivity index (χ1v) is 7.94. The fraction of sp³-hybridized carbons (Fsp3) is 0.538. The van der Waals surface area contributed by atoms with Crippen LogP contribution in [-0.4, -0.2) is 26.1 Å². The predicted octanol–water partition coefficient (Wildman–Crippen LogP) is 2.79. The minimum atomic E-state index is -3.25. The molecule has 0 bridgehead atoms. The topological polar surface area (TPSA) is 70.8 Å². The van der Waals surface area contributed by atoms with E-state index in [4.69, 9.17) is 19.5 Å². The highest BCUT2D eigenvalue weighted by Crippen LogP contribution is 2.51. The first kappa shape index (κ1) is 16.2. The zero-order valence-electron chi connectivity index (χ0n) is 11.7. The molecular weight excluding hydrogens is 265 g/mol. The summed E-state index contributed by atoms with van der Waals surface area (Å²) in [4.78, 5) is 0. The summed E-state index contributed by atoms with van der Waals surface area (Å²) in [6.45, 7) is 4.17. The normalized spacial score (nSPS) is 13.3. The van der Waals surface area contributed by atoms with Crippen LogP contribution in [0.2, 0.25) is 0 Å². The highest BCUT2D eigenvalue weighted by molar-refractivity contribution is 7.54. The first-order chi connectivity index (χ1) is 9.05. The second-order valence-corrected chi connectivity index (χ2v) is 6.25. The van der Waals surface area contributed by atoms with E-state index in [9.17, 15) is 4.57 Å². The summed E-state index contributed by atoms with van der Waals surface area (Å²) < 4.78 is 28.0. The third kappa shape index (κ3) is 4.62. The standard InChI is InChI=1S/C13H22NO4P/c1-4-17-19(15,18-5-2)13(14)10-11-6-8-12(16-3)9-7-11/h6-9,13H,4-5,10,14H2,1-3H3. The second-order valence-electron chi connectivity index (χ2n) is 3.99. The predicted molar refractivity (Wildman–Crippen MR) is 75.5 cm³/mol. The van der Waals surface area contributed by atoms with E-state index in [-0.39, 0.29) is 0 Å². The number of benzene rings is 1. The van der Waals surface area contributed by atoms with Crippen molar-refractivity contribution in [3.63, 3.8) is 0 Å². The van der Waals surface area contributed by atoms with Crippen LogP contribution in [0.1, 0.15) is 19.4 Å². The van der Waals surface area contributed by atoms with Gasteiger partial charge in [-0.2, -0.15) is 0 Å². The van der Waals surface area contributed by atoms with Gasteiger partial charge in [-0.05, 0) is 38.0 Å². The molecule has 0 aliphatic rings. The third-order valence-corrected chi connectivity index (χ3v) is 4.86. The SMILES string of the molecule is CCOP(=O)(OCC)C(N)Cc1ccc(OC)cc1. The van der Waals surface area contributed by atoms with Gasteiger partial charge in [0.1, 0.15) is 11.5 Å². The lowest BCUT2D eigenvalue weighted by Gasteiger charge is -2.23. The van der Waals surface area contributed by atoms with E-state index in [0.717, 1.165) is 11.3 Å². The lowest BCUT2D eigenvalue weighted by atomic mass is 10.1. The molecule has 2 N–H and O–H groups in total. The monoisotopic (exact) mass is 287 g/mol. The number of rotatable bonds is 8. The van der Waals surface area contributed by atoms with Gasteiger partial charge in [-0.1, -0.05) is 12.1 Å². The van der Waals surface area contributed by atoms with E-state index < -0.39 is 13.4 Å². The van der Waals surface area contributed by atoms with Crippen LogP contribution in [0.25, 0.3) is 0 Å². The van der Waals surface area contributed by atoms with Gasteiger partial charge in [-0.3, -0.25) is 4.57 Å². The molecule has 1 unspecified atom stereocenters. The van der Waals surface area contributed by atoms with Crippen LogP contribution in [0.3, 0.4) is 0 Å². The number of hydrogen-bond donors (Lipinski definition) is 1. The van der Waals surface area contributed by atoms with Crippen LogP contribution in [0.5, 0.6) is 5.75 Å². The van der Waals surface area contributed by atoms with Gasteiger partial charge in [0, 0.05) is 0 Å². The summed E-state index contributed by atoms with van der Waals surface area (Å²) >= 11 is 0. The van der Waals surface area contributed by atoms with Crippen LogP contribution in [0.15, 0.2) is 24.3 Å². The molecule has 1 aromatic rings. The largest absolute Gasteiger partial charge is 0.497 e. The van der Waals surface area contributed by atoms with Crippen LogP contribution in [0.4, 0.5) is 0 Å². The molecule has 0 amide bonds. The molecule has 1 atom stereocenters. The molecule has 0 fully saturated rings. The van der Waals surface area contributed by atoms with Crippen molar-refractivity contribution in [2.75, 3.05) is 20.3 Å². The van der Waals surface area contributed by atoms with E-state index in [1.165, 1.54) is 0 Å². The number of nitrogens with two attached hydrogens (primary N) is 1. The maximum Gasteiger partial charge on any atom is 0.347 e. The highest BCUT2D eigenvalue weighted by atomic mass is 31.2. The minimum Gasteiger partial charge on any atom is -0.497 e. The molecule has 0 heterocycles. The van der Waals surface area contributed by atoms with Crippen LogP contribution in [-0.2, 0) is 20.0 Å². The van der Waals surface area contributed by atoms with Gasteiger partial charge in [0.05, 0.1) is 20.3 Å². The fourth-order valence-electron chi connectivity index (χ4n) is 1.70. The average Bonchev–Trinajstić information content (AvgIpc) is 2.40. The maximum absolute atomic E-state index is 12.4. The van der Waals surface area contributed by atoms with Crippen molar-refractivity contribution >= 4 is 7.60 Å². The molecule has 0 aromatic heterocycles.